The van der Waals surface area contributed by atoms with Crippen LogP contribution < -0.4 is 9.47 Å². The molecule has 0 spiro atoms. The zero-order valence-corrected chi connectivity index (χ0v) is 20.4. The Morgan fingerprint density at radius 1 is 1.08 bits per heavy atom. The second-order valence-electron chi connectivity index (χ2n) is 9.49. The van der Waals surface area contributed by atoms with Crippen LogP contribution in [-0.4, -0.2) is 67.2 Å². The van der Waals surface area contributed by atoms with Gasteiger partial charge < -0.3 is 18.9 Å². The van der Waals surface area contributed by atoms with Crippen molar-refractivity contribution in [2.24, 2.45) is 11.8 Å². The predicted octanol–water partition coefficient (Wildman–Crippen LogP) is 3.51. The van der Waals surface area contributed by atoms with Gasteiger partial charge in [0, 0.05) is 43.0 Å². The van der Waals surface area contributed by atoms with Gasteiger partial charge >= 0.3 is 6.01 Å². The van der Waals surface area contributed by atoms with Crippen LogP contribution >= 0.6 is 0 Å². The first-order chi connectivity index (χ1) is 17.6. The summed E-state index contributed by atoms with van der Waals surface area (Å²) in [5.41, 5.74) is 3.42. The number of pyridine rings is 2. The number of imidazole rings is 1. The summed E-state index contributed by atoms with van der Waals surface area (Å²) in [5.74, 6) is 2.08. The molecule has 0 saturated carbocycles. The lowest BCUT2D eigenvalue weighted by Gasteiger charge is -2.21. The van der Waals surface area contributed by atoms with E-state index in [4.69, 9.17) is 14.5 Å². The second kappa shape index (κ2) is 9.42. The quantitative estimate of drug-likeness (QED) is 0.371. The average molecular weight is 490 g/mol. The van der Waals surface area contributed by atoms with Crippen molar-refractivity contribution in [2.75, 3.05) is 32.8 Å². The maximum absolute atomic E-state index is 14.0. The van der Waals surface area contributed by atoms with Crippen molar-refractivity contribution in [1.29, 1.82) is 0 Å². The van der Waals surface area contributed by atoms with Crippen molar-refractivity contribution in [3.05, 3.63) is 53.9 Å². The molecule has 2 aliphatic rings. The minimum Gasteiger partial charge on any atom is -0.477 e. The van der Waals surface area contributed by atoms with E-state index in [-0.39, 0.29) is 6.01 Å². The largest absolute Gasteiger partial charge is 0.477 e. The van der Waals surface area contributed by atoms with E-state index >= 15 is 0 Å². The van der Waals surface area contributed by atoms with Crippen LogP contribution in [0.4, 0.5) is 4.39 Å². The Morgan fingerprint density at radius 2 is 2.00 bits per heavy atom. The van der Waals surface area contributed by atoms with Crippen molar-refractivity contribution in [1.82, 2.24) is 34.4 Å². The summed E-state index contributed by atoms with van der Waals surface area (Å²) in [6.07, 6.45) is 5.84. The third-order valence-electron chi connectivity index (χ3n) is 7.04. The Kier molecular flexibility index (Phi) is 5.96. The summed E-state index contributed by atoms with van der Waals surface area (Å²) in [6, 6.07) is 5.59. The van der Waals surface area contributed by atoms with Gasteiger partial charge in [-0.05, 0) is 44.4 Å². The Balaban J connectivity index is 1.29. The molecule has 6 rings (SSSR count). The first kappa shape index (κ1) is 22.8. The standard InChI is InChI=1S/C26H28FN7O2/c1-3-35-26-30-16(2)23-25(32-26)34(24(31-23)19-8-21(27)11-28-10-19)12-17-4-5-22(29-9-17)36-15-20-14-33-7-6-18(20)13-33/h4-5,8-11,18,20H,3,6-7,12-15H2,1-2H3. The predicted molar refractivity (Wildman–Crippen MR) is 131 cm³/mol. The molecule has 2 bridgehead atoms. The molecule has 4 aromatic heterocycles. The molecule has 4 aromatic rings. The lowest BCUT2D eigenvalue weighted by molar-refractivity contribution is 0.189. The molecule has 186 valence electrons. The minimum absolute atomic E-state index is 0.284. The van der Waals surface area contributed by atoms with E-state index in [0.29, 0.717) is 59.8 Å². The average Bonchev–Trinajstić information content (AvgIpc) is 3.59. The highest BCUT2D eigenvalue weighted by atomic mass is 19.1. The molecular formula is C26H28FN7O2. The molecule has 2 aliphatic heterocycles. The number of fused-ring (bicyclic) bond motifs is 3. The Hall–Kier alpha value is -3.66. The summed E-state index contributed by atoms with van der Waals surface area (Å²) in [7, 11) is 0. The first-order valence-electron chi connectivity index (χ1n) is 12.4. The number of aryl methyl sites for hydroxylation is 1. The normalized spacial score (nSPS) is 20.8. The van der Waals surface area contributed by atoms with Crippen LogP contribution in [0.2, 0.25) is 0 Å². The lowest BCUT2D eigenvalue weighted by atomic mass is 9.93. The van der Waals surface area contributed by atoms with Crippen molar-refractivity contribution in [3.8, 4) is 23.3 Å². The highest BCUT2D eigenvalue weighted by Gasteiger charge is 2.38. The van der Waals surface area contributed by atoms with Crippen LogP contribution in [0, 0.1) is 24.6 Å². The smallest absolute Gasteiger partial charge is 0.318 e. The Morgan fingerprint density at radius 3 is 2.72 bits per heavy atom. The molecule has 36 heavy (non-hydrogen) atoms. The van der Waals surface area contributed by atoms with Gasteiger partial charge in [0.05, 0.1) is 31.6 Å². The molecule has 0 radical (unpaired) electrons. The van der Waals surface area contributed by atoms with Gasteiger partial charge in [0.15, 0.2) is 5.65 Å². The molecule has 9 nitrogen and oxygen atoms in total. The zero-order valence-electron chi connectivity index (χ0n) is 20.4. The fourth-order valence-electron chi connectivity index (χ4n) is 5.26. The molecule has 2 saturated heterocycles. The van der Waals surface area contributed by atoms with Gasteiger partial charge in [0.2, 0.25) is 5.88 Å². The number of hydrogen-bond acceptors (Lipinski definition) is 8. The number of piperidine rings is 1. The first-order valence-corrected chi connectivity index (χ1v) is 12.4. The van der Waals surface area contributed by atoms with E-state index in [1.807, 2.05) is 30.5 Å². The highest BCUT2D eigenvalue weighted by Crippen LogP contribution is 2.33. The van der Waals surface area contributed by atoms with E-state index in [2.05, 4.69) is 24.8 Å². The zero-order chi connectivity index (χ0) is 24.6. The van der Waals surface area contributed by atoms with Gasteiger partial charge in [0.1, 0.15) is 17.2 Å². The second-order valence-corrected chi connectivity index (χ2v) is 9.49. The molecule has 0 aromatic carbocycles. The lowest BCUT2D eigenvalue weighted by Crippen LogP contribution is -2.27. The summed E-state index contributed by atoms with van der Waals surface area (Å²) >= 11 is 0. The minimum atomic E-state index is -0.431. The summed E-state index contributed by atoms with van der Waals surface area (Å²) in [4.78, 5) is 24.8. The van der Waals surface area contributed by atoms with Crippen LogP contribution in [0.1, 0.15) is 24.6 Å². The molecule has 2 fully saturated rings. The van der Waals surface area contributed by atoms with Crippen LogP contribution in [0.3, 0.4) is 0 Å². The van der Waals surface area contributed by atoms with Gasteiger partial charge in [-0.3, -0.25) is 4.98 Å². The molecule has 0 N–H and O–H groups in total. The molecule has 3 atom stereocenters. The maximum Gasteiger partial charge on any atom is 0.318 e. The van der Waals surface area contributed by atoms with Gasteiger partial charge in [-0.2, -0.15) is 9.97 Å². The van der Waals surface area contributed by atoms with Crippen LogP contribution in [0.5, 0.6) is 11.9 Å². The number of nitrogens with zero attached hydrogens (tertiary/aromatic N) is 7. The van der Waals surface area contributed by atoms with Gasteiger partial charge in [-0.15, -0.1) is 0 Å². The third-order valence-corrected chi connectivity index (χ3v) is 7.04. The summed E-state index contributed by atoms with van der Waals surface area (Å²) in [6.45, 7) is 8.87. The topological polar surface area (TPSA) is 91.1 Å². The molecule has 0 amide bonds. The van der Waals surface area contributed by atoms with Crippen LogP contribution in [-0.2, 0) is 6.54 Å². The van der Waals surface area contributed by atoms with Gasteiger partial charge in [0.25, 0.3) is 0 Å². The number of rotatable bonds is 8. The van der Waals surface area contributed by atoms with Crippen LogP contribution in [0.15, 0.2) is 36.8 Å². The van der Waals surface area contributed by atoms with Crippen molar-refractivity contribution < 1.29 is 13.9 Å². The molecular weight excluding hydrogens is 461 g/mol. The summed E-state index contributed by atoms with van der Waals surface area (Å²) in [5, 5.41) is 0. The molecule has 10 heteroatoms. The van der Waals surface area contributed by atoms with Crippen molar-refractivity contribution in [2.45, 2.75) is 26.8 Å². The van der Waals surface area contributed by atoms with E-state index in [1.165, 1.54) is 31.8 Å². The Bertz CT molecular complexity index is 1390. The number of hydrogen-bond donors (Lipinski definition) is 0. The Labute approximate surface area is 208 Å². The van der Waals surface area contributed by atoms with Gasteiger partial charge in [-0.25, -0.2) is 14.4 Å². The monoisotopic (exact) mass is 489 g/mol. The van der Waals surface area contributed by atoms with E-state index < -0.39 is 5.82 Å². The SMILES string of the molecule is CCOc1nc(C)c2nc(-c3cncc(F)c3)n(Cc3ccc(OCC4CN5CCC4C5)nc3)c2n1. The van der Waals surface area contributed by atoms with Crippen molar-refractivity contribution in [3.63, 3.8) is 0 Å². The fraction of sp³-hybridized carbons (Fsp3) is 0.423. The summed E-state index contributed by atoms with van der Waals surface area (Å²) < 4.78 is 27.5. The molecule has 3 unspecified atom stereocenters. The highest BCUT2D eigenvalue weighted by molar-refractivity contribution is 5.79. The molecule has 6 heterocycles. The maximum atomic E-state index is 14.0. The third kappa shape index (κ3) is 4.37. The number of halogens is 1. The van der Waals surface area contributed by atoms with Crippen LogP contribution in [0.25, 0.3) is 22.6 Å². The number of aromatic nitrogens is 6. The van der Waals surface area contributed by atoms with E-state index in [9.17, 15) is 4.39 Å². The van der Waals surface area contributed by atoms with E-state index in [1.54, 1.807) is 12.4 Å². The van der Waals surface area contributed by atoms with E-state index in [0.717, 1.165) is 18.0 Å². The molecule has 0 aliphatic carbocycles. The van der Waals surface area contributed by atoms with Gasteiger partial charge in [-0.1, -0.05) is 6.07 Å². The van der Waals surface area contributed by atoms with Crippen molar-refractivity contribution >= 4 is 11.2 Å². The number of ether oxygens (including phenoxy) is 2. The fourth-order valence-corrected chi connectivity index (χ4v) is 5.26.